The molecule has 37 heavy (non-hydrogen) atoms. The summed E-state index contributed by atoms with van der Waals surface area (Å²) in [5, 5.41) is 12.7. The zero-order valence-electron chi connectivity index (χ0n) is 20.1. The van der Waals surface area contributed by atoms with Crippen molar-refractivity contribution in [2.24, 2.45) is 5.73 Å². The summed E-state index contributed by atoms with van der Waals surface area (Å²) in [6.45, 7) is 1.88. The molecule has 3 aromatic rings. The standard InChI is InChI=1S/C27H22N4O3S3/c1-3-34-27(33)23-20-14-37-25-17(10-11-19(30-25)21-5-4-12-36-21)26(32)31(20)24(29)18(13-28)22(23)15-6-8-16(35-2)9-7-15/h4-12,22H,3,14,29H2,1-2H3. The smallest absolute Gasteiger partial charge is 0.336 e. The van der Waals surface area contributed by atoms with Gasteiger partial charge in [-0.15, -0.1) is 23.1 Å². The fraction of sp³-hybridized carbons (Fsp3) is 0.185. The van der Waals surface area contributed by atoms with Crippen molar-refractivity contribution >= 4 is 46.7 Å². The molecular formula is C27H22N4O3S3. The van der Waals surface area contributed by atoms with Crippen molar-refractivity contribution in [2.75, 3.05) is 18.6 Å². The Morgan fingerprint density at radius 2 is 2.05 bits per heavy atom. The number of fused-ring (bicyclic) bond motifs is 2. The fourth-order valence-corrected chi connectivity index (χ4v) is 6.58. The molecule has 1 unspecified atom stereocenters. The van der Waals surface area contributed by atoms with E-state index in [1.807, 2.05) is 48.0 Å². The summed E-state index contributed by atoms with van der Waals surface area (Å²) in [7, 11) is 0. The molecule has 5 rings (SSSR count). The second-order valence-corrected chi connectivity index (χ2v) is 10.9. The Hall–Kier alpha value is -3.52. The molecule has 2 aromatic heterocycles. The number of hydrogen-bond acceptors (Lipinski definition) is 9. The van der Waals surface area contributed by atoms with Crippen LogP contribution in [0, 0.1) is 11.3 Å². The number of esters is 1. The molecule has 1 amide bonds. The first-order valence-corrected chi connectivity index (χ1v) is 14.5. The number of nitrogens with two attached hydrogens (primary N) is 1. The lowest BCUT2D eigenvalue weighted by Gasteiger charge is -2.35. The number of aromatic nitrogens is 1. The number of nitriles is 1. The van der Waals surface area contributed by atoms with Crippen LogP contribution < -0.4 is 5.73 Å². The third-order valence-electron chi connectivity index (χ3n) is 6.15. The van der Waals surface area contributed by atoms with E-state index in [1.165, 1.54) is 16.7 Å². The van der Waals surface area contributed by atoms with Gasteiger partial charge in [-0.05, 0) is 54.5 Å². The van der Waals surface area contributed by atoms with Crippen LogP contribution in [0.5, 0.6) is 0 Å². The van der Waals surface area contributed by atoms with Gasteiger partial charge in [-0.1, -0.05) is 30.0 Å². The molecule has 1 aromatic carbocycles. The number of hydrogen-bond donors (Lipinski definition) is 1. The molecule has 0 spiro atoms. The Bertz CT molecular complexity index is 1490. The van der Waals surface area contributed by atoms with Gasteiger partial charge in [-0.3, -0.25) is 9.69 Å². The Kier molecular flexibility index (Phi) is 7.11. The Morgan fingerprint density at radius 1 is 1.27 bits per heavy atom. The average molecular weight is 547 g/mol. The van der Waals surface area contributed by atoms with Crippen LogP contribution in [0.4, 0.5) is 0 Å². The Morgan fingerprint density at radius 3 is 2.70 bits per heavy atom. The molecule has 7 nitrogen and oxygen atoms in total. The van der Waals surface area contributed by atoms with Crippen molar-refractivity contribution in [1.82, 2.24) is 9.88 Å². The molecule has 2 N–H and O–H groups in total. The summed E-state index contributed by atoms with van der Waals surface area (Å²) in [5.74, 6) is -1.48. The average Bonchev–Trinajstić information content (AvgIpc) is 3.41. The third kappa shape index (κ3) is 4.44. The summed E-state index contributed by atoms with van der Waals surface area (Å²) in [6.07, 6.45) is 1.97. The molecule has 0 aliphatic carbocycles. The van der Waals surface area contributed by atoms with Crippen LogP contribution in [0.2, 0.25) is 0 Å². The predicted octanol–water partition coefficient (Wildman–Crippen LogP) is 5.39. The van der Waals surface area contributed by atoms with Gasteiger partial charge in [-0.25, -0.2) is 9.78 Å². The van der Waals surface area contributed by atoms with Crippen molar-refractivity contribution in [3.05, 3.63) is 87.7 Å². The molecule has 2 aliphatic heterocycles. The van der Waals surface area contributed by atoms with Crippen LogP contribution in [0.1, 0.15) is 28.8 Å². The number of allylic oxidation sites excluding steroid dienone is 1. The van der Waals surface area contributed by atoms with Gasteiger partial charge in [0.25, 0.3) is 5.91 Å². The van der Waals surface area contributed by atoms with Crippen LogP contribution >= 0.6 is 34.9 Å². The lowest BCUT2D eigenvalue weighted by atomic mass is 9.81. The highest BCUT2D eigenvalue weighted by Gasteiger charge is 2.43. The van der Waals surface area contributed by atoms with E-state index in [9.17, 15) is 14.9 Å². The van der Waals surface area contributed by atoms with Crippen molar-refractivity contribution in [1.29, 1.82) is 5.26 Å². The molecule has 1 atom stereocenters. The highest BCUT2D eigenvalue weighted by atomic mass is 32.2. The summed E-state index contributed by atoms with van der Waals surface area (Å²) in [5.41, 5.74) is 9.19. The molecule has 0 saturated carbocycles. The highest BCUT2D eigenvalue weighted by Crippen LogP contribution is 2.45. The van der Waals surface area contributed by atoms with E-state index >= 15 is 0 Å². The number of thiophene rings is 1. The van der Waals surface area contributed by atoms with Gasteiger partial charge in [0.05, 0.1) is 45.9 Å². The number of thioether (sulfide) groups is 2. The lowest BCUT2D eigenvalue weighted by molar-refractivity contribution is -0.138. The van der Waals surface area contributed by atoms with Gasteiger partial charge in [0, 0.05) is 16.3 Å². The van der Waals surface area contributed by atoms with Gasteiger partial charge in [0.2, 0.25) is 0 Å². The molecule has 0 bridgehead atoms. The number of pyridine rings is 1. The second kappa shape index (κ2) is 10.5. The SMILES string of the molecule is CCOC(=O)C1=C2CSc3nc(-c4cccs4)ccc3C(=O)N2C(N)=C(C#N)C1c1ccc(SC)cc1. The summed E-state index contributed by atoms with van der Waals surface area (Å²) in [4.78, 5) is 35.4. The number of rotatable bonds is 5. The molecule has 10 heteroatoms. The van der Waals surface area contributed by atoms with E-state index in [0.29, 0.717) is 16.3 Å². The number of carbonyl (C=O) groups is 2. The minimum absolute atomic E-state index is 0.0188. The number of benzene rings is 1. The van der Waals surface area contributed by atoms with Crippen LogP contribution in [-0.4, -0.2) is 40.4 Å². The number of carbonyl (C=O) groups excluding carboxylic acids is 2. The molecule has 0 radical (unpaired) electrons. The normalized spacial score (nSPS) is 17.2. The van der Waals surface area contributed by atoms with Crippen LogP contribution in [-0.2, 0) is 9.53 Å². The maximum atomic E-state index is 13.9. The van der Waals surface area contributed by atoms with Crippen molar-refractivity contribution in [3.63, 3.8) is 0 Å². The van der Waals surface area contributed by atoms with Crippen LogP contribution in [0.3, 0.4) is 0 Å². The molecule has 0 fully saturated rings. The van der Waals surface area contributed by atoms with Crippen LogP contribution in [0.25, 0.3) is 10.6 Å². The maximum absolute atomic E-state index is 13.9. The molecule has 186 valence electrons. The number of ether oxygens (including phenoxy) is 1. The highest BCUT2D eigenvalue weighted by molar-refractivity contribution is 7.99. The summed E-state index contributed by atoms with van der Waals surface area (Å²) in [6, 6.07) is 17.3. The van der Waals surface area contributed by atoms with E-state index in [4.69, 9.17) is 15.5 Å². The van der Waals surface area contributed by atoms with Gasteiger partial charge in [0.1, 0.15) is 10.8 Å². The Balaban J connectivity index is 1.69. The zero-order valence-corrected chi connectivity index (χ0v) is 22.5. The second-order valence-electron chi connectivity index (χ2n) is 8.15. The van der Waals surface area contributed by atoms with Crippen molar-refractivity contribution in [2.45, 2.75) is 22.8 Å². The van der Waals surface area contributed by atoms with E-state index in [-0.39, 0.29) is 29.3 Å². The molecule has 4 heterocycles. The molecule has 2 aliphatic rings. The summed E-state index contributed by atoms with van der Waals surface area (Å²) >= 11 is 4.52. The van der Waals surface area contributed by atoms with Crippen molar-refractivity contribution in [3.8, 4) is 16.6 Å². The number of amides is 1. The first kappa shape index (κ1) is 25.1. The summed E-state index contributed by atoms with van der Waals surface area (Å²) < 4.78 is 5.44. The molecular weight excluding hydrogens is 525 g/mol. The van der Waals surface area contributed by atoms with E-state index in [0.717, 1.165) is 21.0 Å². The quantitative estimate of drug-likeness (QED) is 0.335. The monoisotopic (exact) mass is 546 g/mol. The Labute approximate surface area is 227 Å². The van der Waals surface area contributed by atoms with Gasteiger partial charge >= 0.3 is 5.97 Å². The van der Waals surface area contributed by atoms with E-state index < -0.39 is 17.8 Å². The van der Waals surface area contributed by atoms with E-state index in [2.05, 4.69) is 6.07 Å². The first-order chi connectivity index (χ1) is 18.0. The minimum Gasteiger partial charge on any atom is -0.463 e. The number of nitrogens with zero attached hydrogens (tertiary/aromatic N) is 3. The first-order valence-electron chi connectivity index (χ1n) is 11.4. The molecule has 0 saturated heterocycles. The lowest BCUT2D eigenvalue weighted by Crippen LogP contribution is -2.41. The third-order valence-corrected chi connectivity index (χ3v) is 8.79. The van der Waals surface area contributed by atoms with Crippen molar-refractivity contribution < 1.29 is 14.3 Å². The fourth-order valence-electron chi connectivity index (χ4n) is 4.45. The van der Waals surface area contributed by atoms with Crippen LogP contribution in [0.15, 0.2) is 86.5 Å². The minimum atomic E-state index is -0.754. The van der Waals surface area contributed by atoms with Gasteiger partial charge in [-0.2, -0.15) is 5.26 Å². The van der Waals surface area contributed by atoms with Gasteiger partial charge in [0.15, 0.2) is 0 Å². The topological polar surface area (TPSA) is 109 Å². The van der Waals surface area contributed by atoms with Gasteiger partial charge < -0.3 is 10.5 Å². The maximum Gasteiger partial charge on any atom is 0.336 e. The predicted molar refractivity (Wildman–Crippen MR) is 146 cm³/mol. The van der Waals surface area contributed by atoms with E-state index in [1.54, 1.807) is 42.2 Å². The largest absolute Gasteiger partial charge is 0.463 e. The zero-order chi connectivity index (χ0) is 26.1.